The van der Waals surface area contributed by atoms with Gasteiger partial charge in [0.25, 0.3) is 5.91 Å². The average Bonchev–Trinajstić information content (AvgIpc) is 2.56. The van der Waals surface area contributed by atoms with Crippen LogP contribution in [0.1, 0.15) is 5.56 Å². The third-order valence-corrected chi connectivity index (χ3v) is 4.04. The smallest absolute Gasteiger partial charge is 0.275 e. The summed E-state index contributed by atoms with van der Waals surface area (Å²) in [6, 6.07) is 14.0. The Hall–Kier alpha value is -1.92. The first-order valence-electron chi connectivity index (χ1n) is 7.74. The van der Waals surface area contributed by atoms with E-state index in [2.05, 4.69) is 21.2 Å². The predicted octanol–water partition coefficient (Wildman–Crippen LogP) is 1.80. The maximum absolute atomic E-state index is 13.5. The minimum Gasteiger partial charge on any atom is -0.488 e. The number of hydrogen-bond acceptors (Lipinski definition) is 2. The molecule has 128 valence electrons. The molecule has 0 radical (unpaired) electrons. The van der Waals surface area contributed by atoms with Crippen LogP contribution in [0, 0.1) is 5.82 Å². The van der Waals surface area contributed by atoms with Crippen LogP contribution in [0.3, 0.4) is 0 Å². The molecule has 4 nitrogen and oxygen atoms in total. The Labute approximate surface area is 149 Å². The van der Waals surface area contributed by atoms with Gasteiger partial charge >= 0.3 is 0 Å². The van der Waals surface area contributed by atoms with Crippen molar-refractivity contribution >= 4 is 21.8 Å². The summed E-state index contributed by atoms with van der Waals surface area (Å²) in [6.45, 7) is 1.74. The number of rotatable bonds is 8. The van der Waals surface area contributed by atoms with E-state index < -0.39 is 0 Å². The molecule has 0 heterocycles. The molecule has 0 fully saturated rings. The Morgan fingerprint density at radius 2 is 1.92 bits per heavy atom. The van der Waals surface area contributed by atoms with E-state index >= 15 is 0 Å². The van der Waals surface area contributed by atoms with E-state index in [0.29, 0.717) is 25.3 Å². The summed E-state index contributed by atoms with van der Waals surface area (Å²) in [5.74, 6) is 0.385. The molecule has 1 atom stereocenters. The average molecular weight is 396 g/mol. The molecule has 0 spiro atoms. The Kier molecular flexibility index (Phi) is 7.21. The first-order chi connectivity index (χ1) is 11.5. The minimum atomic E-state index is -0.304. The van der Waals surface area contributed by atoms with Crippen LogP contribution in [0.4, 0.5) is 4.39 Å². The summed E-state index contributed by atoms with van der Waals surface area (Å²) in [5, 5.41) is 2.74. The van der Waals surface area contributed by atoms with Gasteiger partial charge in [-0.25, -0.2) is 4.39 Å². The van der Waals surface area contributed by atoms with Crippen molar-refractivity contribution in [2.75, 3.05) is 26.7 Å². The van der Waals surface area contributed by atoms with Crippen molar-refractivity contribution in [3.8, 4) is 5.75 Å². The Bertz CT molecular complexity index is 664. The molecule has 24 heavy (non-hydrogen) atoms. The van der Waals surface area contributed by atoms with Gasteiger partial charge in [-0.15, -0.1) is 0 Å². The van der Waals surface area contributed by atoms with Crippen molar-refractivity contribution in [1.82, 2.24) is 5.32 Å². The lowest BCUT2D eigenvalue weighted by molar-refractivity contribution is -0.871. The number of likely N-dealkylation sites (N-methyl/N-ethyl adjacent to an activating group) is 1. The van der Waals surface area contributed by atoms with Gasteiger partial charge in [-0.1, -0.05) is 34.1 Å². The van der Waals surface area contributed by atoms with Crippen LogP contribution in [0.25, 0.3) is 0 Å². The molecule has 2 rings (SSSR count). The van der Waals surface area contributed by atoms with E-state index in [1.807, 2.05) is 31.3 Å². The van der Waals surface area contributed by atoms with Gasteiger partial charge in [0, 0.05) is 16.6 Å². The molecule has 2 aromatic rings. The topological polar surface area (TPSA) is 42.8 Å². The number of halogens is 2. The van der Waals surface area contributed by atoms with E-state index in [1.165, 1.54) is 6.07 Å². The molecule has 1 amide bonds. The van der Waals surface area contributed by atoms with E-state index in [0.717, 1.165) is 15.1 Å². The van der Waals surface area contributed by atoms with Gasteiger partial charge in [0.1, 0.15) is 24.7 Å². The first kappa shape index (κ1) is 18.4. The number of quaternary nitrogens is 1. The summed E-state index contributed by atoms with van der Waals surface area (Å²) in [4.78, 5) is 12.9. The van der Waals surface area contributed by atoms with Crippen molar-refractivity contribution in [1.29, 1.82) is 0 Å². The lowest BCUT2D eigenvalue weighted by Crippen LogP contribution is -3.10. The molecule has 0 aromatic heterocycles. The molecule has 0 aliphatic rings. The van der Waals surface area contributed by atoms with Gasteiger partial charge in [0.2, 0.25) is 0 Å². The maximum Gasteiger partial charge on any atom is 0.275 e. The fraction of sp³-hybridized carbons (Fsp3) is 0.278. The third kappa shape index (κ3) is 6.29. The fourth-order valence-corrected chi connectivity index (χ4v) is 2.40. The van der Waals surface area contributed by atoms with E-state index in [4.69, 9.17) is 4.74 Å². The summed E-state index contributed by atoms with van der Waals surface area (Å²) in [7, 11) is 1.92. The zero-order valence-corrected chi connectivity index (χ0v) is 15.1. The number of carbonyl (C=O) groups is 1. The molecular formula is C18H21BrFN2O2+. The molecule has 0 aliphatic carbocycles. The van der Waals surface area contributed by atoms with Crippen molar-refractivity contribution in [3.05, 3.63) is 64.4 Å². The maximum atomic E-state index is 13.5. The second kappa shape index (κ2) is 9.39. The highest BCUT2D eigenvalue weighted by Crippen LogP contribution is 2.15. The molecule has 2 aromatic carbocycles. The van der Waals surface area contributed by atoms with E-state index in [9.17, 15) is 9.18 Å². The number of amides is 1. The molecule has 0 bridgehead atoms. The largest absolute Gasteiger partial charge is 0.488 e. The second-order valence-corrected chi connectivity index (χ2v) is 6.47. The van der Waals surface area contributed by atoms with Gasteiger partial charge in [0.15, 0.2) is 6.54 Å². The molecule has 6 heteroatoms. The van der Waals surface area contributed by atoms with Crippen molar-refractivity contribution in [2.45, 2.75) is 6.54 Å². The monoisotopic (exact) mass is 395 g/mol. The van der Waals surface area contributed by atoms with E-state index in [1.54, 1.807) is 18.2 Å². The van der Waals surface area contributed by atoms with Gasteiger partial charge in [-0.05, 0) is 30.3 Å². The van der Waals surface area contributed by atoms with Gasteiger partial charge in [0.05, 0.1) is 7.05 Å². The number of carbonyl (C=O) groups excluding carboxylic acids is 1. The Morgan fingerprint density at radius 3 is 2.62 bits per heavy atom. The molecule has 0 aliphatic heterocycles. The standard InChI is InChI=1S/C18H20BrFN2O2/c1-22(10-11-24-16-8-6-15(19)7-9-16)13-18(23)21-12-14-4-2-3-5-17(14)20/h2-9H,10-13H2,1H3,(H,21,23)/p+1. The zero-order valence-electron chi connectivity index (χ0n) is 13.5. The number of benzene rings is 2. The summed E-state index contributed by atoms with van der Waals surface area (Å²) >= 11 is 3.37. The highest BCUT2D eigenvalue weighted by Gasteiger charge is 2.10. The lowest BCUT2D eigenvalue weighted by Gasteiger charge is -2.14. The molecule has 2 N–H and O–H groups in total. The third-order valence-electron chi connectivity index (χ3n) is 3.51. The van der Waals surface area contributed by atoms with Crippen molar-refractivity contribution in [3.63, 3.8) is 0 Å². The van der Waals surface area contributed by atoms with Crippen LogP contribution in [0.2, 0.25) is 0 Å². The van der Waals surface area contributed by atoms with E-state index in [-0.39, 0.29) is 18.3 Å². The predicted molar refractivity (Wildman–Crippen MR) is 94.5 cm³/mol. The molecule has 0 saturated heterocycles. The number of ether oxygens (including phenoxy) is 1. The molecule has 0 saturated carbocycles. The normalized spacial score (nSPS) is 11.8. The van der Waals surface area contributed by atoms with Crippen molar-refractivity contribution < 1.29 is 18.8 Å². The Balaban J connectivity index is 1.66. The zero-order chi connectivity index (χ0) is 17.4. The highest BCUT2D eigenvalue weighted by molar-refractivity contribution is 9.10. The van der Waals surface area contributed by atoms with Crippen LogP contribution in [-0.4, -0.2) is 32.7 Å². The fourth-order valence-electron chi connectivity index (χ4n) is 2.13. The quantitative estimate of drug-likeness (QED) is 0.715. The van der Waals surface area contributed by atoms with Gasteiger partial charge in [-0.2, -0.15) is 0 Å². The van der Waals surface area contributed by atoms with Crippen LogP contribution in [-0.2, 0) is 11.3 Å². The minimum absolute atomic E-state index is 0.112. The summed E-state index contributed by atoms with van der Waals surface area (Å²) < 4.78 is 20.1. The number of hydrogen-bond donors (Lipinski definition) is 2. The second-order valence-electron chi connectivity index (χ2n) is 5.55. The number of nitrogens with one attached hydrogen (secondary N) is 2. The van der Waals surface area contributed by atoms with Crippen LogP contribution >= 0.6 is 15.9 Å². The molecule has 1 unspecified atom stereocenters. The van der Waals surface area contributed by atoms with Crippen LogP contribution in [0.15, 0.2) is 53.0 Å². The van der Waals surface area contributed by atoms with Crippen molar-refractivity contribution in [2.24, 2.45) is 0 Å². The highest BCUT2D eigenvalue weighted by atomic mass is 79.9. The lowest BCUT2D eigenvalue weighted by atomic mass is 10.2. The summed E-state index contributed by atoms with van der Waals surface area (Å²) in [6.07, 6.45) is 0. The van der Waals surface area contributed by atoms with Gasteiger partial charge < -0.3 is 15.0 Å². The molecular weight excluding hydrogens is 375 g/mol. The first-order valence-corrected chi connectivity index (χ1v) is 8.53. The Morgan fingerprint density at radius 1 is 1.21 bits per heavy atom. The summed E-state index contributed by atoms with van der Waals surface area (Å²) in [5.41, 5.74) is 0.488. The van der Waals surface area contributed by atoms with Crippen LogP contribution < -0.4 is 15.0 Å². The van der Waals surface area contributed by atoms with Gasteiger partial charge in [-0.3, -0.25) is 4.79 Å². The SMILES string of the molecule is C[NH+](CCOc1ccc(Br)cc1)CC(=O)NCc1ccccc1F. The van der Waals surface area contributed by atoms with Crippen LogP contribution in [0.5, 0.6) is 5.75 Å².